The van der Waals surface area contributed by atoms with E-state index in [9.17, 15) is 31.1 Å². The summed E-state index contributed by atoms with van der Waals surface area (Å²) in [5.74, 6) is 0.398. The molecule has 0 N–H and O–H groups in total. The van der Waals surface area contributed by atoms with Crippen LogP contribution in [0.25, 0.3) is 0 Å². The van der Waals surface area contributed by atoms with E-state index in [1.54, 1.807) is 11.0 Å². The van der Waals surface area contributed by atoms with E-state index in [1.807, 2.05) is 19.1 Å². The van der Waals surface area contributed by atoms with Crippen LogP contribution in [0, 0.1) is 0 Å². The molecule has 0 saturated heterocycles. The Morgan fingerprint density at radius 2 is 1.36 bits per heavy atom. The third-order valence-corrected chi connectivity index (χ3v) is 6.28. The molecule has 0 unspecified atom stereocenters. The minimum atomic E-state index is -4.43. The number of carbonyl (C=O) groups is 1. The average Bonchev–Trinajstić information content (AvgIpc) is 2.94. The molecule has 1 heterocycles. The van der Waals surface area contributed by atoms with Crippen LogP contribution in [0.15, 0.2) is 66.7 Å². The second-order valence-electron chi connectivity index (χ2n) is 8.74. The Labute approximate surface area is 204 Å². The summed E-state index contributed by atoms with van der Waals surface area (Å²) in [4.78, 5) is 14.5. The number of hydrogen-bond donors (Lipinski definition) is 0. The van der Waals surface area contributed by atoms with Gasteiger partial charge in [0.2, 0.25) is 5.91 Å². The quantitative estimate of drug-likeness (QED) is 0.338. The lowest BCUT2D eigenvalue weighted by molar-refractivity contribution is -0.138. The predicted molar refractivity (Wildman–Crippen MR) is 121 cm³/mol. The van der Waals surface area contributed by atoms with Gasteiger partial charge < -0.3 is 9.64 Å². The number of fused-ring (bicyclic) bond motifs is 1. The summed E-state index contributed by atoms with van der Waals surface area (Å²) in [5.41, 5.74) is 1.50. The predicted octanol–water partition coefficient (Wildman–Crippen LogP) is 7.34. The molecule has 0 fully saturated rings. The fourth-order valence-electron chi connectivity index (χ4n) is 4.23. The summed E-state index contributed by atoms with van der Waals surface area (Å²) in [7, 11) is 0. The maximum Gasteiger partial charge on any atom is 0.416 e. The van der Waals surface area contributed by atoms with Gasteiger partial charge in [0.25, 0.3) is 0 Å². The molecular formula is C27H23F6NO2. The van der Waals surface area contributed by atoms with Crippen LogP contribution in [0.2, 0.25) is 0 Å². The molecule has 0 saturated carbocycles. The van der Waals surface area contributed by atoms with Gasteiger partial charge in [-0.25, -0.2) is 0 Å². The average molecular weight is 507 g/mol. The second kappa shape index (κ2) is 9.87. The monoisotopic (exact) mass is 507 g/mol. The number of hydrogen-bond acceptors (Lipinski definition) is 2. The maximum atomic E-state index is 12.9. The van der Waals surface area contributed by atoms with Crippen molar-refractivity contribution in [3.63, 3.8) is 0 Å². The Hall–Kier alpha value is -3.49. The van der Waals surface area contributed by atoms with Gasteiger partial charge in [-0.3, -0.25) is 4.79 Å². The molecule has 0 aromatic heterocycles. The molecule has 3 nitrogen and oxygen atoms in total. The molecule has 36 heavy (non-hydrogen) atoms. The first-order valence-corrected chi connectivity index (χ1v) is 11.3. The number of aryl methyl sites for hydroxylation is 1. The summed E-state index contributed by atoms with van der Waals surface area (Å²) < 4.78 is 82.7. The normalized spacial score (nSPS) is 16.5. The highest BCUT2D eigenvalue weighted by Crippen LogP contribution is 2.34. The molecule has 1 aliphatic rings. The van der Waals surface area contributed by atoms with E-state index in [4.69, 9.17) is 4.74 Å². The van der Waals surface area contributed by atoms with Gasteiger partial charge in [-0.05, 0) is 72.0 Å². The Morgan fingerprint density at radius 1 is 0.806 bits per heavy atom. The largest absolute Gasteiger partial charge is 0.489 e. The number of benzene rings is 3. The zero-order chi connectivity index (χ0) is 26.1. The van der Waals surface area contributed by atoms with Crippen LogP contribution < -0.4 is 4.74 Å². The fraction of sp³-hybridized carbons (Fsp3) is 0.296. The zero-order valence-electron chi connectivity index (χ0n) is 19.3. The Balaban J connectivity index is 1.49. The van der Waals surface area contributed by atoms with Crippen molar-refractivity contribution in [2.45, 2.75) is 51.3 Å². The highest BCUT2D eigenvalue weighted by molar-refractivity contribution is 5.78. The number of ether oxygens (including phenoxy) is 1. The van der Waals surface area contributed by atoms with Gasteiger partial charge in [-0.2, -0.15) is 26.3 Å². The van der Waals surface area contributed by atoms with Crippen molar-refractivity contribution in [3.8, 4) is 5.75 Å². The number of halogens is 6. The first kappa shape index (κ1) is 25.6. The van der Waals surface area contributed by atoms with Gasteiger partial charge in [0.1, 0.15) is 12.4 Å². The van der Waals surface area contributed by atoms with E-state index in [1.165, 1.54) is 24.3 Å². The highest BCUT2D eigenvalue weighted by atomic mass is 19.4. The van der Waals surface area contributed by atoms with E-state index in [2.05, 4.69) is 0 Å². The first-order chi connectivity index (χ1) is 16.9. The van der Waals surface area contributed by atoms with Gasteiger partial charge in [0.15, 0.2) is 0 Å². The van der Waals surface area contributed by atoms with Gasteiger partial charge >= 0.3 is 12.4 Å². The van der Waals surface area contributed by atoms with E-state index in [0.29, 0.717) is 23.3 Å². The summed E-state index contributed by atoms with van der Waals surface area (Å²) in [6, 6.07) is 14.6. The van der Waals surface area contributed by atoms with Crippen molar-refractivity contribution < 1.29 is 35.9 Å². The molecule has 1 aliphatic heterocycles. The van der Waals surface area contributed by atoms with E-state index < -0.39 is 23.5 Å². The molecule has 0 spiro atoms. The van der Waals surface area contributed by atoms with Gasteiger partial charge in [-0.15, -0.1) is 0 Å². The fourth-order valence-corrected chi connectivity index (χ4v) is 4.23. The van der Waals surface area contributed by atoms with Crippen molar-refractivity contribution in [1.29, 1.82) is 0 Å². The van der Waals surface area contributed by atoms with Crippen LogP contribution in [0.4, 0.5) is 26.3 Å². The van der Waals surface area contributed by atoms with Crippen molar-refractivity contribution in [2.75, 3.05) is 0 Å². The molecule has 190 valence electrons. The lowest BCUT2D eigenvalue weighted by Crippen LogP contribution is -2.31. The Kier molecular flexibility index (Phi) is 7.02. The molecule has 0 aliphatic carbocycles. The number of rotatable bonds is 5. The SMILES string of the molecule is C[C@H]1c2cc(OCc3ccc(C(F)(F)F)cc3)ccc2CCC(=O)N1Cc1ccc(C(F)(F)F)cc1. The zero-order valence-corrected chi connectivity index (χ0v) is 19.3. The molecule has 9 heteroatoms. The minimum Gasteiger partial charge on any atom is -0.489 e. The Bertz CT molecular complexity index is 1220. The first-order valence-electron chi connectivity index (χ1n) is 11.3. The van der Waals surface area contributed by atoms with E-state index in [0.717, 1.165) is 35.4 Å². The molecule has 3 aromatic carbocycles. The van der Waals surface area contributed by atoms with E-state index in [-0.39, 0.29) is 31.5 Å². The molecule has 1 atom stereocenters. The molecule has 1 amide bonds. The van der Waals surface area contributed by atoms with Crippen LogP contribution in [0.3, 0.4) is 0 Å². The Morgan fingerprint density at radius 3 is 1.92 bits per heavy atom. The number of alkyl halides is 6. The third-order valence-electron chi connectivity index (χ3n) is 6.28. The molecule has 0 bridgehead atoms. The van der Waals surface area contributed by atoms with Crippen molar-refractivity contribution in [3.05, 3.63) is 100 Å². The minimum absolute atomic E-state index is 0.0690. The number of carbonyl (C=O) groups excluding carboxylic acids is 1. The molecule has 0 radical (unpaired) electrons. The molecule has 3 aromatic rings. The van der Waals surface area contributed by atoms with Gasteiger partial charge in [0.05, 0.1) is 17.2 Å². The number of nitrogens with zero attached hydrogens (tertiary/aromatic N) is 1. The summed E-state index contributed by atoms with van der Waals surface area (Å²) >= 11 is 0. The standard InChI is InChI=1S/C27H23F6NO2/c1-17-24-14-23(36-16-19-4-10-22(11-5-19)27(31,32)33)12-6-20(24)7-13-25(35)34(17)15-18-2-8-21(9-3-18)26(28,29)30/h2-6,8-12,14,17H,7,13,15-16H2,1H3/t17-/m0/s1. The van der Waals surface area contributed by atoms with Gasteiger partial charge in [-0.1, -0.05) is 30.3 Å². The van der Waals surface area contributed by atoms with Crippen LogP contribution in [-0.2, 0) is 36.7 Å². The van der Waals surface area contributed by atoms with E-state index >= 15 is 0 Å². The van der Waals surface area contributed by atoms with Crippen LogP contribution in [0.5, 0.6) is 5.75 Å². The van der Waals surface area contributed by atoms with Crippen molar-refractivity contribution in [2.24, 2.45) is 0 Å². The van der Waals surface area contributed by atoms with Crippen molar-refractivity contribution >= 4 is 5.91 Å². The number of amides is 1. The second-order valence-corrected chi connectivity index (χ2v) is 8.74. The van der Waals surface area contributed by atoms with Gasteiger partial charge in [0, 0.05) is 13.0 Å². The smallest absolute Gasteiger partial charge is 0.416 e. The molecule has 4 rings (SSSR count). The van der Waals surface area contributed by atoms with Crippen molar-refractivity contribution in [1.82, 2.24) is 4.90 Å². The third kappa shape index (κ3) is 5.83. The lowest BCUT2D eigenvalue weighted by Gasteiger charge is -2.29. The van der Waals surface area contributed by atoms with Crippen LogP contribution in [-0.4, -0.2) is 10.8 Å². The maximum absolute atomic E-state index is 12.9. The van der Waals surface area contributed by atoms with Crippen LogP contribution >= 0.6 is 0 Å². The summed E-state index contributed by atoms with van der Waals surface area (Å²) in [6.07, 6.45) is -8.05. The summed E-state index contributed by atoms with van der Waals surface area (Å²) in [6.45, 7) is 2.08. The molecular weight excluding hydrogens is 484 g/mol. The topological polar surface area (TPSA) is 29.5 Å². The van der Waals surface area contributed by atoms with Crippen LogP contribution in [0.1, 0.15) is 52.8 Å². The highest BCUT2D eigenvalue weighted by Gasteiger charge is 2.31. The summed E-state index contributed by atoms with van der Waals surface area (Å²) in [5, 5.41) is 0. The lowest BCUT2D eigenvalue weighted by atomic mass is 9.99.